The zero-order chi connectivity index (χ0) is 27.7. The van der Waals surface area contributed by atoms with Gasteiger partial charge in [-0.2, -0.15) is 0 Å². The molecule has 2 fully saturated rings. The molecular weight excluding hydrogens is 504 g/mol. The molecule has 2 aromatic carbocycles. The van der Waals surface area contributed by atoms with E-state index in [9.17, 15) is 28.3 Å². The van der Waals surface area contributed by atoms with Gasteiger partial charge in [0.1, 0.15) is 11.6 Å². The average Bonchev–Trinajstić information content (AvgIpc) is 3.33. The van der Waals surface area contributed by atoms with Crippen LogP contribution in [0.4, 0.5) is 19.3 Å². The molecule has 3 N–H and O–H groups in total. The molecule has 5 rings (SSSR count). The van der Waals surface area contributed by atoms with Crippen molar-refractivity contribution < 1.29 is 28.3 Å². The lowest BCUT2D eigenvalue weighted by Gasteiger charge is -2.42. The fourth-order valence-corrected chi connectivity index (χ4v) is 7.00. The topological polar surface area (TPSA) is 104 Å². The van der Waals surface area contributed by atoms with Crippen LogP contribution in [0.2, 0.25) is 0 Å². The summed E-state index contributed by atoms with van der Waals surface area (Å²) in [5.41, 5.74) is 6.74. The molecule has 1 aliphatic carbocycles. The molecule has 0 bridgehead atoms. The summed E-state index contributed by atoms with van der Waals surface area (Å²) in [5, 5.41) is 9.72. The van der Waals surface area contributed by atoms with Gasteiger partial charge in [-0.15, -0.1) is 0 Å². The van der Waals surface area contributed by atoms with Crippen LogP contribution in [-0.2, 0) is 4.79 Å². The number of fused-ring (bicyclic) bond motifs is 1. The highest BCUT2D eigenvalue weighted by atomic mass is 19.1. The lowest BCUT2D eigenvalue weighted by Crippen LogP contribution is -2.47. The molecule has 3 aliphatic rings. The normalized spacial score (nSPS) is 25.8. The summed E-state index contributed by atoms with van der Waals surface area (Å²) in [7, 11) is 0. The number of anilines is 1. The summed E-state index contributed by atoms with van der Waals surface area (Å²) in [5.74, 6) is -2.15. The number of amides is 2. The molecular formula is C30H35F2N3O4. The number of likely N-dealkylation sites (tertiary alicyclic amines) is 1. The van der Waals surface area contributed by atoms with Gasteiger partial charge in [-0.05, 0) is 94.3 Å². The molecule has 1 saturated carbocycles. The number of carbonyl (C=O) groups excluding carboxylic acids is 2. The minimum absolute atomic E-state index is 0.0358. The molecule has 208 valence electrons. The number of Topliss-reactive ketones (excluding diaryl/α,β-unsaturated/α-hetero) is 1. The van der Waals surface area contributed by atoms with E-state index in [2.05, 4.69) is 4.90 Å². The third kappa shape index (κ3) is 5.29. The number of halogens is 2. The average molecular weight is 540 g/mol. The zero-order valence-corrected chi connectivity index (χ0v) is 22.0. The van der Waals surface area contributed by atoms with Crippen LogP contribution in [0.25, 0.3) is 0 Å². The van der Waals surface area contributed by atoms with Gasteiger partial charge in [0.05, 0.1) is 16.7 Å². The van der Waals surface area contributed by atoms with E-state index in [4.69, 9.17) is 5.73 Å². The minimum atomic E-state index is -1.02. The van der Waals surface area contributed by atoms with Crippen molar-refractivity contribution >= 4 is 23.5 Å². The van der Waals surface area contributed by atoms with Gasteiger partial charge in [0, 0.05) is 24.4 Å². The molecule has 0 spiro atoms. The van der Waals surface area contributed by atoms with E-state index < -0.39 is 23.1 Å². The second-order valence-electron chi connectivity index (χ2n) is 11.4. The number of hydrogen-bond donors (Lipinski definition) is 2. The summed E-state index contributed by atoms with van der Waals surface area (Å²) in [6, 6.07) is 10.5. The van der Waals surface area contributed by atoms with Crippen molar-refractivity contribution in [2.24, 2.45) is 23.0 Å². The standard InChI is InChI=1S/C30H35F2N3O4/c31-21-5-6-23(25(32)17-21)27(36)20-10-15-34(16-11-20)14-9-19-7-12-30(13-8-19,28(33)37)24-18-35(29(38)39)26-4-2-1-3-22(24)26/h1-6,17,19-20,24H,7-16,18H2,(H2,33,37)(H,38,39). The molecule has 7 nitrogen and oxygen atoms in total. The Kier molecular flexibility index (Phi) is 7.71. The summed E-state index contributed by atoms with van der Waals surface area (Å²) < 4.78 is 27.3. The maximum Gasteiger partial charge on any atom is 0.411 e. The van der Waals surface area contributed by atoms with E-state index in [0.717, 1.165) is 56.6 Å². The van der Waals surface area contributed by atoms with Crippen LogP contribution in [0.5, 0.6) is 0 Å². The van der Waals surface area contributed by atoms with Gasteiger partial charge in [-0.25, -0.2) is 13.6 Å². The Bertz CT molecular complexity index is 1250. The molecule has 1 unspecified atom stereocenters. The lowest BCUT2D eigenvalue weighted by molar-refractivity contribution is -0.131. The third-order valence-electron chi connectivity index (χ3n) is 9.36. The first-order chi connectivity index (χ1) is 18.7. The maximum atomic E-state index is 14.1. The van der Waals surface area contributed by atoms with Gasteiger partial charge >= 0.3 is 6.09 Å². The van der Waals surface area contributed by atoms with Gasteiger partial charge in [-0.3, -0.25) is 14.5 Å². The van der Waals surface area contributed by atoms with Crippen LogP contribution in [0.3, 0.4) is 0 Å². The largest absolute Gasteiger partial charge is 0.465 e. The fraction of sp³-hybridized carbons (Fsp3) is 0.500. The predicted molar refractivity (Wildman–Crippen MR) is 143 cm³/mol. The zero-order valence-electron chi connectivity index (χ0n) is 22.0. The number of nitrogens with two attached hydrogens (primary N) is 1. The molecule has 1 saturated heterocycles. The van der Waals surface area contributed by atoms with Crippen molar-refractivity contribution in [1.82, 2.24) is 4.90 Å². The Balaban J connectivity index is 1.14. The smallest absolute Gasteiger partial charge is 0.411 e. The number of primary amides is 1. The van der Waals surface area contributed by atoms with Gasteiger partial charge in [-0.1, -0.05) is 18.2 Å². The van der Waals surface area contributed by atoms with Crippen LogP contribution in [0, 0.1) is 28.9 Å². The minimum Gasteiger partial charge on any atom is -0.465 e. The van der Waals surface area contributed by atoms with Crippen LogP contribution >= 0.6 is 0 Å². The Labute approximate surface area is 227 Å². The van der Waals surface area contributed by atoms with Crippen molar-refractivity contribution in [3.63, 3.8) is 0 Å². The number of carbonyl (C=O) groups is 3. The Morgan fingerprint density at radius 3 is 2.33 bits per heavy atom. The molecule has 9 heteroatoms. The van der Waals surface area contributed by atoms with E-state index in [1.54, 1.807) is 6.07 Å². The van der Waals surface area contributed by atoms with E-state index >= 15 is 0 Å². The number of rotatable bonds is 7. The molecule has 0 radical (unpaired) electrons. The second-order valence-corrected chi connectivity index (χ2v) is 11.4. The van der Waals surface area contributed by atoms with Crippen molar-refractivity contribution in [3.8, 4) is 0 Å². The molecule has 2 amide bonds. The number of para-hydroxylation sites is 1. The monoisotopic (exact) mass is 539 g/mol. The first kappa shape index (κ1) is 27.2. The molecule has 39 heavy (non-hydrogen) atoms. The van der Waals surface area contributed by atoms with Gasteiger partial charge in [0.25, 0.3) is 0 Å². The number of carboxylic acid groups (broad SMARTS) is 1. The van der Waals surface area contributed by atoms with E-state index in [-0.39, 0.29) is 35.6 Å². The molecule has 2 heterocycles. The van der Waals surface area contributed by atoms with Gasteiger partial charge < -0.3 is 15.7 Å². The Morgan fingerprint density at radius 2 is 1.69 bits per heavy atom. The highest BCUT2D eigenvalue weighted by Gasteiger charge is 2.51. The lowest BCUT2D eigenvalue weighted by atomic mass is 9.61. The molecule has 2 aliphatic heterocycles. The van der Waals surface area contributed by atoms with E-state index in [1.165, 1.54) is 11.0 Å². The Hall–Kier alpha value is -3.33. The first-order valence-electron chi connectivity index (χ1n) is 13.8. The highest BCUT2D eigenvalue weighted by Crippen LogP contribution is 2.54. The van der Waals surface area contributed by atoms with Crippen molar-refractivity contribution in [3.05, 3.63) is 65.2 Å². The van der Waals surface area contributed by atoms with Crippen molar-refractivity contribution in [2.75, 3.05) is 31.1 Å². The summed E-state index contributed by atoms with van der Waals surface area (Å²) in [6.07, 6.45) is 4.23. The summed E-state index contributed by atoms with van der Waals surface area (Å²) >= 11 is 0. The van der Waals surface area contributed by atoms with Crippen molar-refractivity contribution in [1.29, 1.82) is 0 Å². The third-order valence-corrected chi connectivity index (χ3v) is 9.36. The highest BCUT2D eigenvalue weighted by molar-refractivity contribution is 5.98. The van der Waals surface area contributed by atoms with Gasteiger partial charge in [0.2, 0.25) is 5.91 Å². The maximum absolute atomic E-state index is 14.1. The second kappa shape index (κ2) is 11.0. The number of piperidine rings is 1. The first-order valence-corrected chi connectivity index (χ1v) is 13.8. The number of benzene rings is 2. The van der Waals surface area contributed by atoms with E-state index in [0.29, 0.717) is 37.3 Å². The molecule has 0 aromatic heterocycles. The molecule has 2 aromatic rings. The van der Waals surface area contributed by atoms with Crippen LogP contribution in [0.15, 0.2) is 42.5 Å². The SMILES string of the molecule is NC(=O)C1(C2CN(C(=O)O)c3ccccc32)CCC(CCN2CCC(C(=O)c3ccc(F)cc3F)CC2)CC1. The quantitative estimate of drug-likeness (QED) is 0.471. The van der Waals surface area contributed by atoms with Crippen LogP contribution in [-0.4, -0.2) is 54.0 Å². The predicted octanol–water partition coefficient (Wildman–Crippen LogP) is 5.19. The van der Waals surface area contributed by atoms with Crippen LogP contribution < -0.4 is 10.6 Å². The summed E-state index contributed by atoms with van der Waals surface area (Å²) in [4.78, 5) is 41.1. The number of hydrogen-bond acceptors (Lipinski definition) is 4. The number of nitrogens with zero attached hydrogens (tertiary/aromatic N) is 2. The molecule has 1 atom stereocenters. The van der Waals surface area contributed by atoms with Crippen LogP contribution in [0.1, 0.15) is 66.8 Å². The fourth-order valence-electron chi connectivity index (χ4n) is 7.00. The summed E-state index contributed by atoms with van der Waals surface area (Å²) in [6.45, 7) is 2.64. The Morgan fingerprint density at radius 1 is 1.00 bits per heavy atom. The van der Waals surface area contributed by atoms with E-state index in [1.807, 2.05) is 18.2 Å². The van der Waals surface area contributed by atoms with Crippen molar-refractivity contribution in [2.45, 2.75) is 50.9 Å². The van der Waals surface area contributed by atoms with Gasteiger partial charge in [0.15, 0.2) is 5.78 Å². The number of ketones is 1.